The molecule has 17 nitrogen and oxygen atoms in total. The number of nitrogens with two attached hydrogens (primary N) is 2. The highest BCUT2D eigenvalue weighted by molar-refractivity contribution is 5.88. The topological polar surface area (TPSA) is 289 Å². The number of carbonyl (C=O) groups excluding carboxylic acids is 2. The molecule has 3 heterocycles. The summed E-state index contributed by atoms with van der Waals surface area (Å²) in [4.78, 5) is 51.3. The van der Waals surface area contributed by atoms with Gasteiger partial charge in [0, 0.05) is 29.9 Å². The highest BCUT2D eigenvalue weighted by atomic mass is 16.6. The van der Waals surface area contributed by atoms with Crippen molar-refractivity contribution in [1.82, 2.24) is 25.1 Å². The molecule has 0 spiro atoms. The largest absolute Gasteiger partial charge is 0.480 e. The first-order chi connectivity index (χ1) is 19.4. The number of hydrogen-bond donors (Lipinski definition) is 9. The number of hydrogen-bond acceptors (Lipinski definition) is 11. The fourth-order valence-corrected chi connectivity index (χ4v) is 4.01. The van der Waals surface area contributed by atoms with Crippen molar-refractivity contribution in [1.29, 1.82) is 0 Å². The van der Waals surface area contributed by atoms with Gasteiger partial charge in [-0.15, -0.1) is 5.10 Å². The van der Waals surface area contributed by atoms with E-state index in [-0.39, 0.29) is 25.1 Å². The smallest absolute Gasteiger partial charge is 0.326 e. The van der Waals surface area contributed by atoms with Gasteiger partial charge in [0.2, 0.25) is 11.7 Å². The van der Waals surface area contributed by atoms with Crippen molar-refractivity contribution >= 4 is 34.7 Å². The van der Waals surface area contributed by atoms with E-state index in [0.29, 0.717) is 0 Å². The van der Waals surface area contributed by atoms with E-state index in [1.807, 2.05) is 24.3 Å². The number of H-pyrrole nitrogens is 1. The third-order valence-corrected chi connectivity index (χ3v) is 6.24. The lowest BCUT2D eigenvalue weighted by Crippen LogP contribution is -2.43. The van der Waals surface area contributed by atoms with Crippen molar-refractivity contribution in [2.24, 2.45) is 11.5 Å². The van der Waals surface area contributed by atoms with Crippen molar-refractivity contribution in [2.45, 2.75) is 55.9 Å². The number of nitrogens with zero attached hydrogens (tertiary/aromatic N) is 3. The molecule has 11 N–H and O–H groups in total. The van der Waals surface area contributed by atoms with E-state index in [0.717, 1.165) is 27.5 Å². The van der Waals surface area contributed by atoms with E-state index in [1.54, 1.807) is 6.20 Å². The first-order valence-corrected chi connectivity index (χ1v) is 12.3. The summed E-state index contributed by atoms with van der Waals surface area (Å²) < 4.78 is 6.25. The fourth-order valence-electron chi connectivity index (χ4n) is 4.01. The molecule has 2 aromatic heterocycles. The van der Waals surface area contributed by atoms with Crippen molar-refractivity contribution in [3.05, 3.63) is 48.2 Å². The number of nitrogens with one attached hydrogen (secondary N) is 2. The van der Waals surface area contributed by atoms with Gasteiger partial charge in [-0.05, 0) is 18.1 Å². The van der Waals surface area contributed by atoms with Crippen LogP contribution < -0.4 is 16.8 Å². The maximum atomic E-state index is 11.8. The lowest BCUT2D eigenvalue weighted by molar-refractivity contribution is -0.142. The zero-order chi connectivity index (χ0) is 30.3. The molecule has 4 rings (SSSR count). The van der Waals surface area contributed by atoms with Gasteiger partial charge in [0.1, 0.15) is 36.7 Å². The number of fused-ring (bicyclic) bond motifs is 1. The Labute approximate surface area is 231 Å². The number of aliphatic hydroxyl groups excluding tert-OH is 3. The number of aromatic nitrogens is 4. The Bertz CT molecular complexity index is 1380. The lowest BCUT2D eigenvalue weighted by Gasteiger charge is -2.15. The number of aromatic amines is 1. The summed E-state index contributed by atoms with van der Waals surface area (Å²) in [6.07, 6.45) is -1.63. The number of benzene rings is 1. The quantitative estimate of drug-likeness (QED) is 0.114. The Morgan fingerprint density at radius 2 is 1.83 bits per heavy atom. The third-order valence-electron chi connectivity index (χ3n) is 6.24. The number of rotatable bonds is 11. The minimum Gasteiger partial charge on any atom is -0.480 e. The average molecular weight is 578 g/mol. The van der Waals surface area contributed by atoms with E-state index in [1.165, 1.54) is 0 Å². The molecule has 0 bridgehead atoms. The van der Waals surface area contributed by atoms with E-state index in [9.17, 15) is 34.5 Å². The summed E-state index contributed by atoms with van der Waals surface area (Å²) in [5, 5.41) is 53.1. The van der Waals surface area contributed by atoms with Crippen LogP contribution in [0.15, 0.2) is 36.8 Å². The van der Waals surface area contributed by atoms with Crippen LogP contribution >= 0.6 is 0 Å². The summed E-state index contributed by atoms with van der Waals surface area (Å²) in [5.41, 5.74) is 12.0. The average Bonchev–Trinajstić information content (AvgIpc) is 3.66. The number of carboxylic acids is 2. The summed E-state index contributed by atoms with van der Waals surface area (Å²) >= 11 is 0. The van der Waals surface area contributed by atoms with E-state index < -0.39 is 67.0 Å². The molecule has 222 valence electrons. The number of primary amides is 1. The minimum atomic E-state index is -1.27. The van der Waals surface area contributed by atoms with Crippen molar-refractivity contribution < 1.29 is 49.4 Å². The molecular formula is C24H31N7O10. The highest BCUT2D eigenvalue weighted by Crippen LogP contribution is 2.28. The third kappa shape index (κ3) is 7.83. The molecule has 0 unspecified atom stereocenters. The van der Waals surface area contributed by atoms with Crippen molar-refractivity contribution in [3.63, 3.8) is 0 Å². The van der Waals surface area contributed by atoms with Crippen LogP contribution in [0, 0.1) is 0 Å². The molecule has 0 radical (unpaired) electrons. The molecule has 1 aromatic carbocycles. The van der Waals surface area contributed by atoms with E-state index >= 15 is 0 Å². The monoisotopic (exact) mass is 577 g/mol. The zero-order valence-corrected chi connectivity index (χ0v) is 21.5. The Balaban J connectivity index is 0.000000239. The summed E-state index contributed by atoms with van der Waals surface area (Å²) in [6.45, 7) is -0.438. The number of aliphatic carboxylic acids is 2. The van der Waals surface area contributed by atoms with E-state index in [2.05, 4.69) is 20.4 Å². The maximum Gasteiger partial charge on any atom is 0.326 e. The molecule has 1 aliphatic heterocycles. The minimum absolute atomic E-state index is 0.0550. The second kappa shape index (κ2) is 13.8. The van der Waals surface area contributed by atoms with Gasteiger partial charge in [-0.1, -0.05) is 18.2 Å². The van der Waals surface area contributed by atoms with Gasteiger partial charge in [0.25, 0.3) is 5.91 Å². The van der Waals surface area contributed by atoms with Gasteiger partial charge in [-0.3, -0.25) is 14.4 Å². The van der Waals surface area contributed by atoms with Crippen LogP contribution in [0.3, 0.4) is 0 Å². The van der Waals surface area contributed by atoms with Gasteiger partial charge in [-0.2, -0.15) is 0 Å². The van der Waals surface area contributed by atoms with Crippen LogP contribution in [0.25, 0.3) is 10.9 Å². The van der Waals surface area contributed by atoms with Crippen LogP contribution in [0.1, 0.15) is 35.3 Å². The van der Waals surface area contributed by atoms with Crippen LogP contribution in [0.5, 0.6) is 0 Å². The predicted molar refractivity (Wildman–Crippen MR) is 138 cm³/mol. The van der Waals surface area contributed by atoms with Crippen LogP contribution in [-0.4, -0.2) is 106 Å². The lowest BCUT2D eigenvalue weighted by atomic mass is 10.0. The number of para-hydroxylation sites is 1. The van der Waals surface area contributed by atoms with Gasteiger partial charge in [0.05, 0.1) is 6.61 Å². The molecule has 6 atom stereocenters. The zero-order valence-electron chi connectivity index (χ0n) is 21.5. The molecule has 0 saturated carbocycles. The first kappa shape index (κ1) is 31.1. The highest BCUT2D eigenvalue weighted by Gasteiger charge is 2.44. The Morgan fingerprint density at radius 1 is 1.12 bits per heavy atom. The number of carbonyl (C=O) groups is 4. The second-order valence-corrected chi connectivity index (χ2v) is 9.15. The van der Waals surface area contributed by atoms with Gasteiger partial charge >= 0.3 is 11.9 Å². The van der Waals surface area contributed by atoms with Crippen LogP contribution in [0.2, 0.25) is 0 Å². The van der Waals surface area contributed by atoms with Crippen LogP contribution in [0.4, 0.5) is 0 Å². The fraction of sp³-hybridized carbons (Fsp3) is 0.417. The molecule has 0 aliphatic carbocycles. The number of aliphatic hydroxyl groups is 3. The Kier molecular flexibility index (Phi) is 10.5. The number of ether oxygens (including phenoxy) is 1. The van der Waals surface area contributed by atoms with Crippen molar-refractivity contribution in [2.75, 3.05) is 6.61 Å². The second-order valence-electron chi connectivity index (χ2n) is 9.15. The SMILES string of the molecule is NC(=O)c1ncn([C@@H]2O[C@H](CO)[C@@H](O)[C@H]2O)n1.N[C@H](CCC(=O)N[C@@H](Cc1c[nH]c2ccccc12)C(=O)O)C(=O)O. The summed E-state index contributed by atoms with van der Waals surface area (Å²) in [5.74, 6) is -3.93. The van der Waals surface area contributed by atoms with E-state index in [4.69, 9.17) is 26.4 Å². The molecule has 3 aromatic rings. The molecule has 1 saturated heterocycles. The maximum absolute atomic E-state index is 11.8. The Morgan fingerprint density at radius 3 is 2.41 bits per heavy atom. The summed E-state index contributed by atoms with van der Waals surface area (Å²) in [7, 11) is 0. The van der Waals surface area contributed by atoms with Crippen molar-refractivity contribution in [3.8, 4) is 0 Å². The van der Waals surface area contributed by atoms with Gasteiger partial charge in [0.15, 0.2) is 6.23 Å². The molecule has 2 amide bonds. The number of carboxylic acid groups (broad SMARTS) is 2. The normalized spacial score (nSPS) is 21.5. The molecule has 17 heteroatoms. The van der Waals surface area contributed by atoms with Crippen LogP contribution in [-0.2, 0) is 25.5 Å². The standard InChI is InChI=1S/C16H19N3O5.C8H12N4O5/c17-11(15(21)22)5-6-14(20)19-13(16(23)24)7-9-8-18-12-4-2-1-3-10(9)12;9-6(16)7-10-2-12(11-7)8-5(15)4(14)3(1-13)17-8/h1-4,8,11,13,18H,5-7,17H2,(H,19,20)(H,21,22)(H,23,24);2-5,8,13-15H,1H2,(H2,9,16)/t11-,13+;3-,4-,5-,8-/m11/s1. The van der Waals surface area contributed by atoms with Gasteiger partial charge in [-0.25, -0.2) is 14.5 Å². The molecule has 1 aliphatic rings. The summed E-state index contributed by atoms with van der Waals surface area (Å²) in [6, 6.07) is 5.21. The molecule has 41 heavy (non-hydrogen) atoms. The number of amides is 2. The predicted octanol–water partition coefficient (Wildman–Crippen LogP) is -2.54. The first-order valence-electron chi connectivity index (χ1n) is 12.3. The molecular weight excluding hydrogens is 546 g/mol. The van der Waals surface area contributed by atoms with Gasteiger partial charge < -0.3 is 52.0 Å². The Hall–Kier alpha value is -4.42. The molecule has 1 fully saturated rings.